The van der Waals surface area contributed by atoms with Gasteiger partial charge in [0.25, 0.3) is 0 Å². The molecule has 3 aromatic rings. The van der Waals surface area contributed by atoms with Gasteiger partial charge >= 0.3 is 0 Å². The lowest BCUT2D eigenvalue weighted by Gasteiger charge is -2.33. The summed E-state index contributed by atoms with van der Waals surface area (Å²) in [6.07, 6.45) is 5.87. The second-order valence-corrected chi connectivity index (χ2v) is 11.4. The quantitative estimate of drug-likeness (QED) is 0.267. The van der Waals surface area contributed by atoms with Crippen LogP contribution in [-0.4, -0.2) is 41.7 Å². The highest BCUT2D eigenvalue weighted by Crippen LogP contribution is 2.24. The molecule has 7 heteroatoms. The van der Waals surface area contributed by atoms with Crippen molar-refractivity contribution < 1.29 is 14.3 Å². The molecule has 1 N–H and O–H groups in total. The molecule has 0 heterocycles. The number of carbonyl (C=O) groups excluding carboxylic acids is 2. The van der Waals surface area contributed by atoms with Crippen LogP contribution in [-0.2, 0) is 28.3 Å². The zero-order valence-electron chi connectivity index (χ0n) is 22.5. The Morgan fingerprint density at radius 2 is 1.64 bits per heavy atom. The molecule has 1 fully saturated rings. The van der Waals surface area contributed by atoms with Gasteiger partial charge in [0.15, 0.2) is 0 Å². The van der Waals surface area contributed by atoms with Crippen molar-refractivity contribution in [3.8, 4) is 5.75 Å². The molecule has 206 valence electrons. The van der Waals surface area contributed by atoms with Gasteiger partial charge in [-0.1, -0.05) is 91.5 Å². The fourth-order valence-corrected chi connectivity index (χ4v) is 6.04. The van der Waals surface area contributed by atoms with Crippen LogP contribution in [0.1, 0.15) is 48.8 Å². The first kappa shape index (κ1) is 29.0. The average molecular weight is 565 g/mol. The third-order valence-corrected chi connectivity index (χ3v) is 8.53. The van der Waals surface area contributed by atoms with Crippen LogP contribution in [0.25, 0.3) is 0 Å². The third-order valence-electron chi connectivity index (χ3n) is 7.17. The third kappa shape index (κ3) is 8.77. The first-order chi connectivity index (χ1) is 19.0. The summed E-state index contributed by atoms with van der Waals surface area (Å²) < 4.78 is 5.25. The van der Waals surface area contributed by atoms with E-state index in [4.69, 9.17) is 16.3 Å². The highest BCUT2D eigenvalue weighted by molar-refractivity contribution is 7.99. The number of amides is 2. The zero-order chi connectivity index (χ0) is 27.5. The number of hydrogen-bond acceptors (Lipinski definition) is 4. The standard InChI is InChI=1S/C32H37ClN2O3S/c1-38-28-18-16-25(17-19-28)22-39-23-31(36)35(21-26-12-8-9-15-29(26)33)30(20-24-10-4-2-5-11-24)32(37)34-27-13-6-3-7-14-27/h2,4-5,8-12,15-19,27,30H,3,6-7,13-14,20-23H2,1H3,(H,34,37)/t30-/m0/s1. The number of nitrogens with zero attached hydrogens (tertiary/aromatic N) is 1. The lowest BCUT2D eigenvalue weighted by molar-refractivity contribution is -0.139. The van der Waals surface area contributed by atoms with Crippen LogP contribution in [0.2, 0.25) is 5.02 Å². The van der Waals surface area contributed by atoms with E-state index < -0.39 is 6.04 Å². The number of benzene rings is 3. The van der Waals surface area contributed by atoms with Gasteiger partial charge in [0.05, 0.1) is 12.9 Å². The molecular formula is C32H37ClN2O3S. The summed E-state index contributed by atoms with van der Waals surface area (Å²) in [7, 11) is 1.65. The molecule has 1 saturated carbocycles. The summed E-state index contributed by atoms with van der Waals surface area (Å²) >= 11 is 8.07. The Bertz CT molecular complexity index is 1200. The molecule has 4 rings (SSSR count). The van der Waals surface area contributed by atoms with Gasteiger partial charge in [-0.2, -0.15) is 0 Å². The molecule has 0 spiro atoms. The fraction of sp³-hybridized carbons (Fsp3) is 0.375. The van der Waals surface area contributed by atoms with E-state index in [2.05, 4.69) is 5.32 Å². The number of methoxy groups -OCH3 is 1. The van der Waals surface area contributed by atoms with E-state index in [0.29, 0.717) is 17.2 Å². The van der Waals surface area contributed by atoms with Gasteiger partial charge in [-0.25, -0.2) is 0 Å². The predicted molar refractivity (Wildman–Crippen MR) is 160 cm³/mol. The Hall–Kier alpha value is -2.96. The zero-order valence-corrected chi connectivity index (χ0v) is 24.1. The molecule has 0 bridgehead atoms. The van der Waals surface area contributed by atoms with E-state index in [-0.39, 0.29) is 30.2 Å². The molecule has 2 amide bonds. The molecule has 0 saturated heterocycles. The lowest BCUT2D eigenvalue weighted by Crippen LogP contribution is -2.53. The molecule has 5 nitrogen and oxygen atoms in total. The molecule has 1 atom stereocenters. The van der Waals surface area contributed by atoms with Crippen molar-refractivity contribution in [2.45, 2.75) is 62.9 Å². The number of nitrogens with one attached hydrogen (secondary N) is 1. The Morgan fingerprint density at radius 1 is 0.949 bits per heavy atom. The SMILES string of the molecule is COc1ccc(CSCC(=O)N(Cc2ccccc2Cl)[C@@H](Cc2ccccc2)C(=O)NC2CCCCC2)cc1. The maximum absolute atomic E-state index is 13.8. The minimum Gasteiger partial charge on any atom is -0.497 e. The maximum Gasteiger partial charge on any atom is 0.243 e. The molecule has 0 radical (unpaired) electrons. The second-order valence-electron chi connectivity index (χ2n) is 10.0. The summed E-state index contributed by atoms with van der Waals surface area (Å²) in [5.41, 5.74) is 2.96. The van der Waals surface area contributed by atoms with E-state index in [9.17, 15) is 9.59 Å². The van der Waals surface area contributed by atoms with Crippen LogP contribution in [0.15, 0.2) is 78.9 Å². The van der Waals surface area contributed by atoms with Crippen LogP contribution in [0.3, 0.4) is 0 Å². The molecule has 3 aromatic carbocycles. The monoisotopic (exact) mass is 564 g/mol. The Morgan fingerprint density at radius 3 is 2.33 bits per heavy atom. The Balaban J connectivity index is 1.55. The number of halogens is 1. The van der Waals surface area contributed by atoms with Crippen molar-refractivity contribution in [2.75, 3.05) is 12.9 Å². The van der Waals surface area contributed by atoms with Gasteiger partial charge in [0.2, 0.25) is 11.8 Å². The molecule has 1 aliphatic carbocycles. The van der Waals surface area contributed by atoms with Crippen molar-refractivity contribution >= 4 is 35.2 Å². The van der Waals surface area contributed by atoms with E-state index in [1.54, 1.807) is 23.8 Å². The number of thioether (sulfide) groups is 1. The number of hydrogen-bond donors (Lipinski definition) is 1. The van der Waals surface area contributed by atoms with Gasteiger partial charge in [-0.05, 0) is 47.7 Å². The molecule has 0 aromatic heterocycles. The van der Waals surface area contributed by atoms with Crippen LogP contribution >= 0.6 is 23.4 Å². The van der Waals surface area contributed by atoms with E-state index in [0.717, 1.165) is 48.1 Å². The van der Waals surface area contributed by atoms with Gasteiger partial charge in [-0.3, -0.25) is 9.59 Å². The van der Waals surface area contributed by atoms with Gasteiger partial charge < -0.3 is 15.0 Å². The van der Waals surface area contributed by atoms with E-state index in [1.807, 2.05) is 78.9 Å². The van der Waals surface area contributed by atoms with Crippen molar-refractivity contribution in [2.24, 2.45) is 0 Å². The first-order valence-electron chi connectivity index (χ1n) is 13.6. The average Bonchev–Trinajstić information content (AvgIpc) is 2.97. The molecule has 39 heavy (non-hydrogen) atoms. The minimum absolute atomic E-state index is 0.0758. The number of carbonyl (C=O) groups is 2. The summed E-state index contributed by atoms with van der Waals surface area (Å²) in [4.78, 5) is 29.4. The normalized spacial score (nSPS) is 14.4. The maximum atomic E-state index is 13.8. The van der Waals surface area contributed by atoms with Crippen LogP contribution in [0, 0.1) is 0 Å². The van der Waals surface area contributed by atoms with Crippen molar-refractivity contribution in [3.05, 3.63) is 101 Å². The van der Waals surface area contributed by atoms with Crippen LogP contribution in [0.4, 0.5) is 0 Å². The first-order valence-corrected chi connectivity index (χ1v) is 15.1. The minimum atomic E-state index is -0.639. The van der Waals surface area contributed by atoms with Crippen molar-refractivity contribution in [3.63, 3.8) is 0 Å². The molecule has 1 aliphatic rings. The van der Waals surface area contributed by atoms with Gasteiger partial charge in [0, 0.05) is 29.8 Å². The fourth-order valence-electron chi connectivity index (χ4n) is 4.97. The van der Waals surface area contributed by atoms with Crippen LogP contribution < -0.4 is 10.1 Å². The van der Waals surface area contributed by atoms with E-state index >= 15 is 0 Å². The van der Waals surface area contributed by atoms with Crippen molar-refractivity contribution in [1.82, 2.24) is 10.2 Å². The Kier molecular flexibility index (Phi) is 11.2. The molecule has 0 unspecified atom stereocenters. The van der Waals surface area contributed by atoms with Gasteiger partial charge in [0.1, 0.15) is 11.8 Å². The predicted octanol–water partition coefficient (Wildman–Crippen LogP) is 6.67. The highest BCUT2D eigenvalue weighted by Gasteiger charge is 2.32. The summed E-state index contributed by atoms with van der Waals surface area (Å²) in [6, 6.07) is 24.8. The molecular weight excluding hydrogens is 528 g/mol. The number of ether oxygens (including phenoxy) is 1. The Labute approximate surface area is 241 Å². The van der Waals surface area contributed by atoms with E-state index in [1.165, 1.54) is 6.42 Å². The largest absolute Gasteiger partial charge is 0.497 e. The second kappa shape index (κ2) is 15.0. The van der Waals surface area contributed by atoms with Crippen molar-refractivity contribution in [1.29, 1.82) is 0 Å². The molecule has 0 aliphatic heterocycles. The lowest BCUT2D eigenvalue weighted by atomic mass is 9.94. The summed E-state index contributed by atoms with van der Waals surface area (Å²) in [6.45, 7) is 0.275. The summed E-state index contributed by atoms with van der Waals surface area (Å²) in [5, 5.41) is 3.87. The van der Waals surface area contributed by atoms with Gasteiger partial charge in [-0.15, -0.1) is 11.8 Å². The number of rotatable bonds is 12. The summed E-state index contributed by atoms with van der Waals surface area (Å²) in [5.74, 6) is 1.59. The van der Waals surface area contributed by atoms with Crippen LogP contribution in [0.5, 0.6) is 5.75 Å². The highest BCUT2D eigenvalue weighted by atomic mass is 35.5. The smallest absolute Gasteiger partial charge is 0.243 e. The topological polar surface area (TPSA) is 58.6 Å².